The summed E-state index contributed by atoms with van der Waals surface area (Å²) in [7, 11) is 0. The van der Waals surface area contributed by atoms with E-state index in [1.165, 1.54) is 6.20 Å². The summed E-state index contributed by atoms with van der Waals surface area (Å²) in [6.07, 6.45) is 0.295. The van der Waals surface area contributed by atoms with Crippen LogP contribution in [0.25, 0.3) is 10.8 Å². The van der Waals surface area contributed by atoms with E-state index in [0.717, 1.165) is 4.90 Å². The molecule has 0 bridgehead atoms. The normalized spacial score (nSPS) is 19.5. The highest BCUT2D eigenvalue weighted by Crippen LogP contribution is 2.32. The van der Waals surface area contributed by atoms with Crippen molar-refractivity contribution in [1.82, 2.24) is 9.88 Å². The van der Waals surface area contributed by atoms with Gasteiger partial charge in [0.2, 0.25) is 5.88 Å². The Morgan fingerprint density at radius 3 is 2.64 bits per heavy atom. The molecule has 0 radical (unpaired) electrons. The molecule has 3 rings (SSSR count). The first-order valence-corrected chi connectivity index (χ1v) is 8.80. The number of aliphatic carboxylic acids is 1. The molecule has 1 saturated heterocycles. The Kier molecular flexibility index (Phi) is 5.17. The van der Waals surface area contributed by atoms with Crippen molar-refractivity contribution >= 4 is 28.5 Å². The van der Waals surface area contributed by atoms with Crippen LogP contribution in [-0.2, 0) is 9.53 Å². The zero-order chi connectivity index (χ0) is 20.5. The fourth-order valence-electron chi connectivity index (χ4n) is 3.13. The number of hydrogen-bond acceptors (Lipinski definition) is 7. The molecule has 1 amide bonds. The Bertz CT molecular complexity index is 924. The van der Waals surface area contributed by atoms with E-state index in [9.17, 15) is 19.6 Å². The number of likely N-dealkylation sites (tertiary alicyclic amines) is 1. The van der Waals surface area contributed by atoms with Crippen LogP contribution in [-0.4, -0.2) is 51.3 Å². The van der Waals surface area contributed by atoms with Gasteiger partial charge in [-0.05, 0) is 44.1 Å². The molecule has 2 aromatic rings. The third-order valence-corrected chi connectivity index (χ3v) is 4.30. The number of carboxylic acids is 1. The molecule has 1 aromatic carbocycles. The lowest BCUT2D eigenvalue weighted by atomic mass is 10.1. The van der Waals surface area contributed by atoms with Crippen molar-refractivity contribution in [2.45, 2.75) is 44.9 Å². The molecule has 1 aromatic heterocycles. The largest absolute Gasteiger partial charge is 0.480 e. The number of carbonyl (C=O) groups is 2. The summed E-state index contributed by atoms with van der Waals surface area (Å²) in [6, 6.07) is 5.58. The summed E-state index contributed by atoms with van der Waals surface area (Å²) >= 11 is 0. The number of fused-ring (bicyclic) bond motifs is 1. The van der Waals surface area contributed by atoms with Crippen LogP contribution in [0, 0.1) is 4.91 Å². The fraction of sp³-hybridized carbons (Fsp3) is 0.421. The molecule has 148 valence electrons. The Hall–Kier alpha value is -3.23. The number of nitrogens with zero attached hydrogens (tertiary/aromatic N) is 3. The van der Waals surface area contributed by atoms with Crippen LogP contribution in [0.2, 0.25) is 0 Å². The topological polar surface area (TPSA) is 118 Å². The van der Waals surface area contributed by atoms with Gasteiger partial charge in [0.15, 0.2) is 0 Å². The number of hydrogen-bond donors (Lipinski definition) is 1. The van der Waals surface area contributed by atoms with Gasteiger partial charge in [-0.15, -0.1) is 4.91 Å². The number of benzene rings is 1. The first kappa shape index (κ1) is 19.5. The molecular weight excluding hydrogens is 366 g/mol. The Labute approximate surface area is 161 Å². The molecule has 1 fully saturated rings. The summed E-state index contributed by atoms with van der Waals surface area (Å²) in [5.74, 6) is -0.876. The summed E-state index contributed by atoms with van der Waals surface area (Å²) in [4.78, 5) is 40.3. The first-order valence-electron chi connectivity index (χ1n) is 8.80. The van der Waals surface area contributed by atoms with Crippen molar-refractivity contribution in [3.63, 3.8) is 0 Å². The zero-order valence-electron chi connectivity index (χ0n) is 15.8. The van der Waals surface area contributed by atoms with Crippen LogP contribution in [0.3, 0.4) is 0 Å². The Morgan fingerprint density at radius 1 is 1.25 bits per heavy atom. The van der Waals surface area contributed by atoms with E-state index in [4.69, 9.17) is 9.47 Å². The van der Waals surface area contributed by atoms with Gasteiger partial charge in [0, 0.05) is 23.4 Å². The number of rotatable bonds is 4. The maximum Gasteiger partial charge on any atom is 0.411 e. The van der Waals surface area contributed by atoms with Gasteiger partial charge in [0.25, 0.3) is 0 Å². The van der Waals surface area contributed by atoms with E-state index in [-0.39, 0.29) is 24.5 Å². The number of aromatic nitrogens is 1. The number of carboxylic acid groups (broad SMARTS) is 1. The number of carbonyl (C=O) groups excluding carboxylic acids is 1. The van der Waals surface area contributed by atoms with Gasteiger partial charge in [0.1, 0.15) is 23.4 Å². The van der Waals surface area contributed by atoms with Crippen LogP contribution >= 0.6 is 0 Å². The lowest BCUT2D eigenvalue weighted by molar-refractivity contribution is -0.142. The number of nitroso groups, excluding NO2 is 1. The van der Waals surface area contributed by atoms with Crippen LogP contribution < -0.4 is 4.74 Å². The Balaban J connectivity index is 1.84. The van der Waals surface area contributed by atoms with Gasteiger partial charge in [0.05, 0.1) is 6.54 Å². The second-order valence-corrected chi connectivity index (χ2v) is 7.54. The van der Waals surface area contributed by atoms with E-state index in [2.05, 4.69) is 10.2 Å². The highest BCUT2D eigenvalue weighted by atomic mass is 16.6. The molecular formula is C19H21N3O6. The molecule has 1 aliphatic heterocycles. The molecule has 2 heterocycles. The monoisotopic (exact) mass is 387 g/mol. The summed E-state index contributed by atoms with van der Waals surface area (Å²) in [6.45, 7) is 5.19. The summed E-state index contributed by atoms with van der Waals surface area (Å²) in [5, 5.41) is 13.7. The highest BCUT2D eigenvalue weighted by Gasteiger charge is 2.43. The molecule has 1 aliphatic rings. The standard InChI is InChI=1S/C19H21N3O6/c1-19(2,3)28-18(25)22-10-11(9-15(22)17(23)24)27-16-13-5-4-6-14(21-26)12(13)7-8-20-16/h4-8,11,15H,9-10H2,1-3H3,(H,23,24)/t11?,15-/m0/s1. The SMILES string of the molecule is CC(C)(C)OC(=O)N1CC(Oc2nccc3c(N=O)cccc23)C[C@H]1C(=O)O. The van der Waals surface area contributed by atoms with E-state index in [1.54, 1.807) is 45.0 Å². The molecule has 2 atom stereocenters. The molecule has 28 heavy (non-hydrogen) atoms. The van der Waals surface area contributed by atoms with Crippen molar-refractivity contribution in [3.8, 4) is 5.88 Å². The minimum atomic E-state index is -1.13. The Morgan fingerprint density at radius 2 is 2.00 bits per heavy atom. The van der Waals surface area contributed by atoms with Gasteiger partial charge in [-0.25, -0.2) is 14.6 Å². The fourth-order valence-corrected chi connectivity index (χ4v) is 3.13. The van der Waals surface area contributed by atoms with Crippen LogP contribution in [0.5, 0.6) is 5.88 Å². The first-order chi connectivity index (χ1) is 13.2. The molecule has 9 nitrogen and oxygen atoms in total. The van der Waals surface area contributed by atoms with Crippen molar-refractivity contribution in [2.75, 3.05) is 6.54 Å². The molecule has 0 aliphatic carbocycles. The second kappa shape index (κ2) is 7.41. The number of pyridine rings is 1. The molecule has 1 unspecified atom stereocenters. The zero-order valence-corrected chi connectivity index (χ0v) is 15.8. The third kappa shape index (κ3) is 4.03. The van der Waals surface area contributed by atoms with Gasteiger partial charge < -0.3 is 14.6 Å². The van der Waals surface area contributed by atoms with Crippen LogP contribution in [0.4, 0.5) is 10.5 Å². The van der Waals surface area contributed by atoms with Gasteiger partial charge in [-0.3, -0.25) is 4.90 Å². The third-order valence-electron chi connectivity index (χ3n) is 4.30. The summed E-state index contributed by atoms with van der Waals surface area (Å²) < 4.78 is 11.2. The minimum Gasteiger partial charge on any atom is -0.480 e. The molecule has 1 N–H and O–H groups in total. The van der Waals surface area contributed by atoms with Crippen molar-refractivity contribution < 1.29 is 24.2 Å². The quantitative estimate of drug-likeness (QED) is 0.798. The minimum absolute atomic E-state index is 0.0512. The predicted molar refractivity (Wildman–Crippen MR) is 101 cm³/mol. The van der Waals surface area contributed by atoms with Crippen LogP contribution in [0.15, 0.2) is 35.6 Å². The predicted octanol–water partition coefficient (Wildman–Crippen LogP) is 3.47. The van der Waals surface area contributed by atoms with E-state index in [1.807, 2.05) is 0 Å². The molecule has 0 spiro atoms. The van der Waals surface area contributed by atoms with E-state index in [0.29, 0.717) is 10.8 Å². The average molecular weight is 387 g/mol. The van der Waals surface area contributed by atoms with Crippen molar-refractivity contribution in [3.05, 3.63) is 35.4 Å². The number of ether oxygens (including phenoxy) is 2. The van der Waals surface area contributed by atoms with Gasteiger partial charge in [-0.1, -0.05) is 6.07 Å². The van der Waals surface area contributed by atoms with E-state index < -0.39 is 29.8 Å². The molecule has 9 heteroatoms. The lowest BCUT2D eigenvalue weighted by Crippen LogP contribution is -2.43. The van der Waals surface area contributed by atoms with E-state index >= 15 is 0 Å². The van der Waals surface area contributed by atoms with Gasteiger partial charge in [-0.2, -0.15) is 0 Å². The highest BCUT2D eigenvalue weighted by molar-refractivity contribution is 5.95. The molecule has 0 saturated carbocycles. The van der Waals surface area contributed by atoms with Crippen molar-refractivity contribution in [1.29, 1.82) is 0 Å². The second-order valence-electron chi connectivity index (χ2n) is 7.54. The number of amides is 1. The smallest absolute Gasteiger partial charge is 0.411 e. The lowest BCUT2D eigenvalue weighted by Gasteiger charge is -2.26. The average Bonchev–Trinajstić information content (AvgIpc) is 3.04. The summed E-state index contributed by atoms with van der Waals surface area (Å²) in [5.41, 5.74) is -0.482. The van der Waals surface area contributed by atoms with Crippen molar-refractivity contribution in [2.24, 2.45) is 5.18 Å². The maximum atomic E-state index is 12.4. The van der Waals surface area contributed by atoms with Gasteiger partial charge >= 0.3 is 12.1 Å². The maximum absolute atomic E-state index is 12.4. The van der Waals surface area contributed by atoms with Crippen LogP contribution in [0.1, 0.15) is 27.2 Å².